The number of amides is 1. The topological polar surface area (TPSA) is 61.6 Å². The predicted octanol–water partition coefficient (Wildman–Crippen LogP) is 0.115. The average molecular weight is 270 g/mol. The quantitative estimate of drug-likeness (QED) is 0.689. The molecule has 0 saturated carbocycles. The first kappa shape index (κ1) is 16.4. The Morgan fingerprint density at radius 3 is 2.63 bits per heavy atom. The minimum Gasteiger partial charge on any atom is -0.355 e. The van der Waals surface area contributed by atoms with Gasteiger partial charge in [-0.05, 0) is 38.4 Å². The van der Waals surface area contributed by atoms with Gasteiger partial charge < -0.3 is 16.0 Å². The maximum atomic E-state index is 11.7. The van der Waals surface area contributed by atoms with Crippen molar-refractivity contribution in [2.24, 2.45) is 11.7 Å². The van der Waals surface area contributed by atoms with Crippen LogP contribution in [-0.4, -0.2) is 68.1 Å². The van der Waals surface area contributed by atoms with E-state index in [2.05, 4.69) is 29.0 Å². The van der Waals surface area contributed by atoms with Gasteiger partial charge in [0, 0.05) is 26.2 Å². The van der Waals surface area contributed by atoms with E-state index in [1.54, 1.807) is 0 Å². The zero-order chi connectivity index (χ0) is 14.1. The van der Waals surface area contributed by atoms with E-state index in [-0.39, 0.29) is 5.91 Å². The zero-order valence-corrected chi connectivity index (χ0v) is 12.5. The van der Waals surface area contributed by atoms with Crippen LogP contribution in [0.2, 0.25) is 0 Å². The number of hydrogen-bond donors (Lipinski definition) is 2. The van der Waals surface area contributed by atoms with Gasteiger partial charge in [0.25, 0.3) is 0 Å². The normalized spacial score (nSPS) is 19.9. The SMILES string of the molecule is CCCNC(=O)CN1CCCN(CC(C)CN)CC1. The molecule has 0 radical (unpaired) electrons. The van der Waals surface area contributed by atoms with Crippen molar-refractivity contribution in [3.05, 3.63) is 0 Å². The lowest BCUT2D eigenvalue weighted by Crippen LogP contribution is -2.40. The van der Waals surface area contributed by atoms with Crippen LogP contribution in [0.1, 0.15) is 26.7 Å². The van der Waals surface area contributed by atoms with E-state index < -0.39 is 0 Å². The lowest BCUT2D eigenvalue weighted by molar-refractivity contribution is -0.122. The second kappa shape index (κ2) is 9.28. The van der Waals surface area contributed by atoms with Crippen molar-refractivity contribution in [1.82, 2.24) is 15.1 Å². The molecule has 1 rings (SSSR count). The van der Waals surface area contributed by atoms with Gasteiger partial charge in [-0.1, -0.05) is 13.8 Å². The molecule has 1 atom stereocenters. The predicted molar refractivity (Wildman–Crippen MR) is 79.0 cm³/mol. The van der Waals surface area contributed by atoms with Gasteiger partial charge in [0.05, 0.1) is 6.54 Å². The Hall–Kier alpha value is -0.650. The number of nitrogens with zero attached hydrogens (tertiary/aromatic N) is 2. The summed E-state index contributed by atoms with van der Waals surface area (Å²) in [5.41, 5.74) is 5.68. The molecule has 0 aromatic rings. The molecule has 0 aromatic heterocycles. The van der Waals surface area contributed by atoms with Crippen LogP contribution in [0, 0.1) is 5.92 Å². The summed E-state index contributed by atoms with van der Waals surface area (Å²) < 4.78 is 0. The van der Waals surface area contributed by atoms with Crippen molar-refractivity contribution in [3.8, 4) is 0 Å². The lowest BCUT2D eigenvalue weighted by atomic mass is 10.1. The highest BCUT2D eigenvalue weighted by Crippen LogP contribution is 2.05. The Bertz CT molecular complexity index is 260. The number of nitrogens with two attached hydrogens (primary N) is 1. The van der Waals surface area contributed by atoms with Gasteiger partial charge in [-0.25, -0.2) is 0 Å². The number of hydrogen-bond acceptors (Lipinski definition) is 4. The van der Waals surface area contributed by atoms with Crippen LogP contribution >= 0.6 is 0 Å². The van der Waals surface area contributed by atoms with Gasteiger partial charge >= 0.3 is 0 Å². The number of carbonyl (C=O) groups excluding carboxylic acids is 1. The first-order valence-electron chi connectivity index (χ1n) is 7.57. The lowest BCUT2D eigenvalue weighted by Gasteiger charge is -2.23. The number of nitrogens with one attached hydrogen (secondary N) is 1. The molecule has 1 heterocycles. The standard InChI is InChI=1S/C14H30N4O/c1-3-5-16-14(19)12-18-7-4-6-17(8-9-18)11-13(2)10-15/h13H,3-12,15H2,1-2H3,(H,16,19). The van der Waals surface area contributed by atoms with Crippen LogP contribution in [0.3, 0.4) is 0 Å². The first-order chi connectivity index (χ1) is 9.15. The molecule has 1 unspecified atom stereocenters. The summed E-state index contributed by atoms with van der Waals surface area (Å²) in [6, 6.07) is 0. The van der Waals surface area contributed by atoms with Gasteiger partial charge in [0.15, 0.2) is 0 Å². The third kappa shape index (κ3) is 6.89. The van der Waals surface area contributed by atoms with Crippen LogP contribution in [0.25, 0.3) is 0 Å². The van der Waals surface area contributed by atoms with E-state index >= 15 is 0 Å². The summed E-state index contributed by atoms with van der Waals surface area (Å²) in [7, 11) is 0. The highest BCUT2D eigenvalue weighted by atomic mass is 16.2. The maximum absolute atomic E-state index is 11.7. The summed E-state index contributed by atoms with van der Waals surface area (Å²) in [5, 5.41) is 2.94. The second-order valence-corrected chi connectivity index (χ2v) is 5.62. The maximum Gasteiger partial charge on any atom is 0.234 e. The molecule has 3 N–H and O–H groups in total. The smallest absolute Gasteiger partial charge is 0.234 e. The molecule has 112 valence electrons. The fourth-order valence-corrected chi connectivity index (χ4v) is 2.40. The van der Waals surface area contributed by atoms with Crippen molar-refractivity contribution in [3.63, 3.8) is 0 Å². The first-order valence-corrected chi connectivity index (χ1v) is 7.57. The van der Waals surface area contributed by atoms with Gasteiger partial charge in [0.1, 0.15) is 0 Å². The van der Waals surface area contributed by atoms with Crippen molar-refractivity contribution in [2.45, 2.75) is 26.7 Å². The summed E-state index contributed by atoms with van der Waals surface area (Å²) in [6.07, 6.45) is 2.13. The Labute approximate surface area is 117 Å². The molecule has 5 heteroatoms. The molecule has 1 aliphatic rings. The van der Waals surface area contributed by atoms with E-state index in [9.17, 15) is 4.79 Å². The van der Waals surface area contributed by atoms with Crippen LogP contribution in [0.4, 0.5) is 0 Å². The molecule has 0 aromatic carbocycles. The third-order valence-corrected chi connectivity index (χ3v) is 3.59. The van der Waals surface area contributed by atoms with Crippen LogP contribution < -0.4 is 11.1 Å². The molecular weight excluding hydrogens is 240 g/mol. The van der Waals surface area contributed by atoms with E-state index in [1.807, 2.05) is 0 Å². The second-order valence-electron chi connectivity index (χ2n) is 5.62. The van der Waals surface area contributed by atoms with Gasteiger partial charge in [0.2, 0.25) is 5.91 Å². The highest BCUT2D eigenvalue weighted by Gasteiger charge is 2.17. The van der Waals surface area contributed by atoms with Crippen LogP contribution in [-0.2, 0) is 4.79 Å². The highest BCUT2D eigenvalue weighted by molar-refractivity contribution is 5.77. The van der Waals surface area contributed by atoms with Crippen LogP contribution in [0.15, 0.2) is 0 Å². The summed E-state index contributed by atoms with van der Waals surface area (Å²) in [4.78, 5) is 16.4. The monoisotopic (exact) mass is 270 g/mol. The Kier molecular flexibility index (Phi) is 8.02. The van der Waals surface area contributed by atoms with E-state index in [1.165, 1.54) is 0 Å². The summed E-state index contributed by atoms with van der Waals surface area (Å²) in [6.45, 7) is 11.6. The molecule has 0 aliphatic carbocycles. The van der Waals surface area contributed by atoms with Crippen molar-refractivity contribution in [1.29, 1.82) is 0 Å². The molecular formula is C14H30N4O. The van der Waals surface area contributed by atoms with E-state index in [0.29, 0.717) is 12.5 Å². The minimum atomic E-state index is 0.158. The Balaban J connectivity index is 2.27. The third-order valence-electron chi connectivity index (χ3n) is 3.59. The number of carbonyl (C=O) groups is 1. The fraction of sp³-hybridized carbons (Fsp3) is 0.929. The van der Waals surface area contributed by atoms with Crippen LogP contribution in [0.5, 0.6) is 0 Å². The minimum absolute atomic E-state index is 0.158. The average Bonchev–Trinajstić information content (AvgIpc) is 2.62. The van der Waals surface area contributed by atoms with Crippen molar-refractivity contribution in [2.75, 3.05) is 52.4 Å². The molecule has 0 bridgehead atoms. The Morgan fingerprint density at radius 2 is 1.95 bits per heavy atom. The molecule has 1 amide bonds. The van der Waals surface area contributed by atoms with E-state index in [0.717, 1.165) is 58.7 Å². The molecule has 1 aliphatic heterocycles. The van der Waals surface area contributed by atoms with Gasteiger partial charge in [-0.2, -0.15) is 0 Å². The Morgan fingerprint density at radius 1 is 1.26 bits per heavy atom. The zero-order valence-electron chi connectivity index (χ0n) is 12.5. The molecule has 1 fully saturated rings. The van der Waals surface area contributed by atoms with Crippen molar-refractivity contribution < 1.29 is 4.79 Å². The molecule has 19 heavy (non-hydrogen) atoms. The van der Waals surface area contributed by atoms with Crippen molar-refractivity contribution >= 4 is 5.91 Å². The molecule has 0 spiro atoms. The largest absolute Gasteiger partial charge is 0.355 e. The fourth-order valence-electron chi connectivity index (χ4n) is 2.40. The number of rotatable bonds is 7. The van der Waals surface area contributed by atoms with E-state index in [4.69, 9.17) is 5.73 Å². The molecule has 1 saturated heterocycles. The summed E-state index contributed by atoms with van der Waals surface area (Å²) >= 11 is 0. The molecule has 5 nitrogen and oxygen atoms in total. The van der Waals surface area contributed by atoms with Gasteiger partial charge in [-0.15, -0.1) is 0 Å². The summed E-state index contributed by atoms with van der Waals surface area (Å²) in [5.74, 6) is 0.713. The van der Waals surface area contributed by atoms with Gasteiger partial charge in [-0.3, -0.25) is 9.69 Å².